The van der Waals surface area contributed by atoms with Gasteiger partial charge in [0.25, 0.3) is 0 Å². The highest BCUT2D eigenvalue weighted by Crippen LogP contribution is 2.55. The predicted octanol–water partition coefficient (Wildman–Crippen LogP) is 5.73. The molecule has 42 heavy (non-hydrogen) atoms. The van der Waals surface area contributed by atoms with E-state index in [0.29, 0.717) is 30.0 Å². The Morgan fingerprint density at radius 2 is 1.86 bits per heavy atom. The monoisotopic (exact) mass is 573 g/mol. The van der Waals surface area contributed by atoms with Gasteiger partial charge < -0.3 is 20.3 Å². The number of amides is 3. The number of rotatable bonds is 8. The van der Waals surface area contributed by atoms with Gasteiger partial charge in [-0.05, 0) is 74.0 Å². The van der Waals surface area contributed by atoms with Crippen LogP contribution in [0, 0.1) is 23.7 Å². The Hall–Kier alpha value is -2.93. The molecule has 5 aliphatic rings. The molecule has 1 aromatic rings. The highest BCUT2D eigenvalue weighted by atomic mass is 16.5. The fourth-order valence-electron chi connectivity index (χ4n) is 8.13. The van der Waals surface area contributed by atoms with E-state index in [1.807, 2.05) is 36.4 Å². The van der Waals surface area contributed by atoms with Crippen LogP contribution >= 0.6 is 0 Å². The minimum Gasteiger partial charge on any atom is -0.359 e. The van der Waals surface area contributed by atoms with E-state index >= 15 is 0 Å². The molecular weight excluding hydrogens is 526 g/mol. The standard InChI is InChI=1S/C35H47N3O4/c1-21(2)25-13-15-26(16-14-25)36-32(39)29-28-17-19-35(42-28)30(29)34(41)38(20-18-24-10-6-5-7-11-24)31(35)33(40)37-27-12-8-9-22(3)23(27)4/h10,13-17,19,21-23,27-31H,5-9,11-12,18,20H2,1-4H3,(H,36,39)(H,37,40)/t22-,23-,27-,28-,29+,30-,31-,35-/m1/s1. The molecule has 6 rings (SSSR count). The van der Waals surface area contributed by atoms with Gasteiger partial charge >= 0.3 is 0 Å². The summed E-state index contributed by atoms with van der Waals surface area (Å²) in [6.07, 6.45) is 14.0. The lowest BCUT2D eigenvalue weighted by Gasteiger charge is -2.38. The Labute approximate surface area is 250 Å². The van der Waals surface area contributed by atoms with Crippen molar-refractivity contribution in [3.8, 4) is 0 Å². The predicted molar refractivity (Wildman–Crippen MR) is 164 cm³/mol. The number of benzene rings is 1. The molecule has 226 valence electrons. The number of hydrogen-bond donors (Lipinski definition) is 2. The van der Waals surface area contributed by atoms with Crippen LogP contribution in [0.4, 0.5) is 5.69 Å². The molecule has 2 saturated heterocycles. The summed E-state index contributed by atoms with van der Waals surface area (Å²) in [6, 6.07) is 7.16. The van der Waals surface area contributed by atoms with Gasteiger partial charge in [0, 0.05) is 18.3 Å². The van der Waals surface area contributed by atoms with Crippen LogP contribution in [0.15, 0.2) is 48.1 Å². The Kier molecular flexibility index (Phi) is 8.07. The van der Waals surface area contributed by atoms with E-state index < -0.39 is 29.6 Å². The number of carbonyl (C=O) groups is 3. The molecule has 3 aliphatic heterocycles. The van der Waals surface area contributed by atoms with Gasteiger partial charge in [-0.1, -0.05) is 76.5 Å². The van der Waals surface area contributed by atoms with Crippen LogP contribution in [-0.4, -0.2) is 53.0 Å². The molecule has 2 aliphatic carbocycles. The minimum atomic E-state index is -1.13. The molecule has 0 aromatic heterocycles. The number of ether oxygens (including phenoxy) is 1. The van der Waals surface area contributed by atoms with Crippen LogP contribution < -0.4 is 10.6 Å². The first-order chi connectivity index (χ1) is 20.2. The summed E-state index contributed by atoms with van der Waals surface area (Å²) >= 11 is 0. The molecule has 3 heterocycles. The highest BCUT2D eigenvalue weighted by molar-refractivity contribution is 6.02. The Morgan fingerprint density at radius 3 is 2.57 bits per heavy atom. The summed E-state index contributed by atoms with van der Waals surface area (Å²) in [5.74, 6) is -0.623. The van der Waals surface area contributed by atoms with Gasteiger partial charge in [0.1, 0.15) is 11.6 Å². The van der Waals surface area contributed by atoms with Crippen LogP contribution in [0.2, 0.25) is 0 Å². The lowest BCUT2D eigenvalue weighted by Crippen LogP contribution is -2.58. The molecule has 2 bridgehead atoms. The number of carbonyl (C=O) groups excluding carboxylic acids is 3. The summed E-state index contributed by atoms with van der Waals surface area (Å²) in [4.78, 5) is 44.0. The van der Waals surface area contributed by atoms with Crippen molar-refractivity contribution in [1.82, 2.24) is 10.2 Å². The van der Waals surface area contributed by atoms with Crippen molar-refractivity contribution in [3.05, 3.63) is 53.6 Å². The van der Waals surface area contributed by atoms with E-state index in [0.717, 1.165) is 32.1 Å². The molecule has 1 spiro atoms. The zero-order valence-electron chi connectivity index (χ0n) is 25.6. The van der Waals surface area contributed by atoms with E-state index in [2.05, 4.69) is 44.4 Å². The first-order valence-electron chi connectivity index (χ1n) is 16.3. The third-order valence-corrected chi connectivity index (χ3v) is 10.9. The summed E-state index contributed by atoms with van der Waals surface area (Å²) in [7, 11) is 0. The first kappa shape index (κ1) is 29.2. The number of fused-ring (bicyclic) bond motifs is 1. The van der Waals surface area contributed by atoms with Crippen LogP contribution in [0.25, 0.3) is 0 Å². The van der Waals surface area contributed by atoms with Gasteiger partial charge in [-0.25, -0.2) is 0 Å². The quantitative estimate of drug-likeness (QED) is 0.389. The summed E-state index contributed by atoms with van der Waals surface area (Å²) in [5, 5.41) is 6.41. The van der Waals surface area contributed by atoms with Crippen molar-refractivity contribution in [2.75, 3.05) is 11.9 Å². The van der Waals surface area contributed by atoms with Crippen LogP contribution in [-0.2, 0) is 19.1 Å². The molecule has 3 fully saturated rings. The average molecular weight is 574 g/mol. The fraction of sp³-hybridized carbons (Fsp3) is 0.629. The number of likely N-dealkylation sites (tertiary alicyclic amines) is 1. The van der Waals surface area contributed by atoms with Crippen molar-refractivity contribution in [2.45, 2.75) is 109 Å². The topological polar surface area (TPSA) is 87.7 Å². The summed E-state index contributed by atoms with van der Waals surface area (Å²) < 4.78 is 6.56. The first-order valence-corrected chi connectivity index (χ1v) is 16.3. The second-order valence-corrected chi connectivity index (χ2v) is 13.7. The van der Waals surface area contributed by atoms with Crippen LogP contribution in [0.1, 0.15) is 90.5 Å². The maximum absolute atomic E-state index is 14.3. The van der Waals surface area contributed by atoms with Crippen molar-refractivity contribution in [3.63, 3.8) is 0 Å². The van der Waals surface area contributed by atoms with Gasteiger partial charge in [-0.15, -0.1) is 0 Å². The van der Waals surface area contributed by atoms with Crippen molar-refractivity contribution in [2.24, 2.45) is 23.7 Å². The lowest BCUT2D eigenvalue weighted by atomic mass is 9.73. The number of allylic oxidation sites excluding steroid dienone is 1. The Morgan fingerprint density at radius 1 is 1.07 bits per heavy atom. The zero-order valence-corrected chi connectivity index (χ0v) is 25.6. The summed E-state index contributed by atoms with van der Waals surface area (Å²) in [6.45, 7) is 9.21. The van der Waals surface area contributed by atoms with E-state index in [4.69, 9.17) is 4.74 Å². The van der Waals surface area contributed by atoms with Crippen LogP contribution in [0.5, 0.6) is 0 Å². The molecule has 0 radical (unpaired) electrons. The average Bonchev–Trinajstić information content (AvgIpc) is 3.62. The smallest absolute Gasteiger partial charge is 0.246 e. The molecule has 8 atom stereocenters. The third kappa shape index (κ3) is 5.12. The van der Waals surface area contributed by atoms with Gasteiger partial charge in [-0.3, -0.25) is 14.4 Å². The zero-order chi connectivity index (χ0) is 29.6. The highest BCUT2D eigenvalue weighted by Gasteiger charge is 2.72. The van der Waals surface area contributed by atoms with Crippen molar-refractivity contribution >= 4 is 23.4 Å². The van der Waals surface area contributed by atoms with E-state index in [1.54, 1.807) is 4.90 Å². The SMILES string of the molecule is CC(C)c1ccc(NC(=O)[C@H]2[C@H]3C=C[C@@]4(O3)[C@H]2C(=O)N(CCC2=CCCCC2)[C@@H]4C(=O)N[C@@H]2CCC[C@@H](C)[C@H]2C)cc1. The van der Waals surface area contributed by atoms with Crippen molar-refractivity contribution in [1.29, 1.82) is 0 Å². The second kappa shape index (κ2) is 11.6. The van der Waals surface area contributed by atoms with Crippen molar-refractivity contribution < 1.29 is 19.1 Å². The lowest BCUT2D eigenvalue weighted by molar-refractivity contribution is -0.141. The van der Waals surface area contributed by atoms with Gasteiger partial charge in [0.15, 0.2) is 0 Å². The van der Waals surface area contributed by atoms with Crippen LogP contribution in [0.3, 0.4) is 0 Å². The number of hydrogen-bond acceptors (Lipinski definition) is 4. The Bertz CT molecular complexity index is 1270. The number of anilines is 1. The maximum atomic E-state index is 14.3. The molecule has 7 heteroatoms. The van der Waals surface area contributed by atoms with Gasteiger partial charge in [0.05, 0.1) is 17.9 Å². The molecule has 0 unspecified atom stereocenters. The number of nitrogens with one attached hydrogen (secondary N) is 2. The van der Waals surface area contributed by atoms with Gasteiger partial charge in [0.2, 0.25) is 17.7 Å². The normalized spacial score (nSPS) is 35.4. The third-order valence-electron chi connectivity index (χ3n) is 10.9. The van der Waals surface area contributed by atoms with E-state index in [-0.39, 0.29) is 23.8 Å². The molecule has 1 saturated carbocycles. The molecule has 3 amide bonds. The second-order valence-electron chi connectivity index (χ2n) is 13.7. The molecular formula is C35H47N3O4. The Balaban J connectivity index is 1.27. The molecule has 1 aromatic carbocycles. The molecule has 2 N–H and O–H groups in total. The van der Waals surface area contributed by atoms with Gasteiger partial charge in [-0.2, -0.15) is 0 Å². The largest absolute Gasteiger partial charge is 0.359 e. The minimum absolute atomic E-state index is 0.0743. The fourth-order valence-corrected chi connectivity index (χ4v) is 8.13. The molecule has 7 nitrogen and oxygen atoms in total. The number of nitrogens with zero attached hydrogens (tertiary/aromatic N) is 1. The van der Waals surface area contributed by atoms with E-state index in [1.165, 1.54) is 30.4 Å². The maximum Gasteiger partial charge on any atom is 0.246 e. The summed E-state index contributed by atoms with van der Waals surface area (Å²) in [5.41, 5.74) is 2.13. The van der Waals surface area contributed by atoms with E-state index in [9.17, 15) is 14.4 Å².